The molecule has 244 valence electrons. The molecule has 1 aromatic carbocycles. The lowest BCUT2D eigenvalue weighted by Gasteiger charge is -2.28. The van der Waals surface area contributed by atoms with Crippen molar-refractivity contribution in [2.45, 2.75) is 70.7 Å². The van der Waals surface area contributed by atoms with Crippen molar-refractivity contribution in [1.82, 2.24) is 24.6 Å². The van der Waals surface area contributed by atoms with E-state index in [-0.39, 0.29) is 45.4 Å². The minimum atomic E-state index is -4.43. The van der Waals surface area contributed by atoms with Crippen LogP contribution >= 0.6 is 30.9 Å². The third-order valence-corrected chi connectivity index (χ3v) is 8.92. The first-order valence-corrected chi connectivity index (χ1v) is 15.9. The topological polar surface area (TPSA) is 231 Å². The Hall–Kier alpha value is -3.40. The second-order valence-electron chi connectivity index (χ2n) is 10.3. The Morgan fingerprint density at radius 1 is 1.33 bits per heavy atom. The number of hydrogen-bond acceptors (Lipinski definition) is 13. The van der Waals surface area contributed by atoms with Gasteiger partial charge >= 0.3 is 13.7 Å². The number of aliphatic hydroxyl groups excluding tert-OH is 1. The van der Waals surface area contributed by atoms with Crippen LogP contribution in [0.3, 0.4) is 0 Å². The Balaban J connectivity index is 1.64. The van der Waals surface area contributed by atoms with E-state index in [2.05, 4.69) is 30.1 Å². The molecule has 0 radical (unpaired) electrons. The van der Waals surface area contributed by atoms with Crippen molar-refractivity contribution >= 4 is 54.0 Å². The first-order chi connectivity index (χ1) is 21.2. The number of aliphatic hydroxyl groups is 1. The molecule has 0 aliphatic carbocycles. The maximum absolute atomic E-state index is 14.0. The van der Waals surface area contributed by atoms with Gasteiger partial charge in [-0.2, -0.15) is 15.1 Å². The summed E-state index contributed by atoms with van der Waals surface area (Å²) < 4.78 is 43.6. The number of carbonyl (C=O) groups excluding carboxylic acids is 1. The largest absolute Gasteiger partial charge is 0.476 e. The van der Waals surface area contributed by atoms with E-state index < -0.39 is 56.4 Å². The van der Waals surface area contributed by atoms with Crippen LogP contribution < -0.4 is 20.1 Å². The molecule has 1 aliphatic rings. The number of azide groups is 1. The number of carbonyl (C=O) groups is 1. The predicted molar refractivity (Wildman–Crippen MR) is 163 cm³/mol. The Morgan fingerprint density at radius 2 is 2.07 bits per heavy atom. The monoisotopic (exact) mass is 687 g/mol. The summed E-state index contributed by atoms with van der Waals surface area (Å²) in [5.74, 6) is -0.714. The molecular weight excluding hydrogens is 656 g/mol. The van der Waals surface area contributed by atoms with Gasteiger partial charge in [0.05, 0.1) is 41.8 Å². The number of fused-ring (bicyclic) bond motifs is 1. The normalized spacial score (nSPS) is 23.4. The van der Waals surface area contributed by atoms with Gasteiger partial charge in [-0.15, -0.1) is 0 Å². The highest BCUT2D eigenvalue weighted by Crippen LogP contribution is 2.49. The van der Waals surface area contributed by atoms with Crippen molar-refractivity contribution in [3.63, 3.8) is 0 Å². The van der Waals surface area contributed by atoms with Gasteiger partial charge in [0.1, 0.15) is 23.4 Å². The minimum Gasteiger partial charge on any atom is -0.476 e. The fourth-order valence-corrected chi connectivity index (χ4v) is 6.24. The Bertz CT molecular complexity index is 1660. The van der Waals surface area contributed by atoms with Crippen molar-refractivity contribution in [2.24, 2.45) is 5.11 Å². The fourth-order valence-electron chi connectivity index (χ4n) is 4.46. The number of halogens is 2. The van der Waals surface area contributed by atoms with Crippen molar-refractivity contribution < 1.29 is 37.7 Å². The second kappa shape index (κ2) is 13.9. The highest BCUT2D eigenvalue weighted by molar-refractivity contribution is 7.52. The Morgan fingerprint density at radius 3 is 2.71 bits per heavy atom. The Labute approximate surface area is 267 Å². The lowest BCUT2D eigenvalue weighted by Crippen LogP contribution is -2.43. The van der Waals surface area contributed by atoms with E-state index in [1.807, 2.05) is 0 Å². The number of anilines is 1. The first-order valence-electron chi connectivity index (χ1n) is 13.6. The summed E-state index contributed by atoms with van der Waals surface area (Å²) in [6, 6.07) is 2.97. The zero-order chi connectivity index (χ0) is 33.1. The summed E-state index contributed by atoms with van der Waals surface area (Å²) in [5.41, 5.74) is 14.1. The van der Waals surface area contributed by atoms with Crippen LogP contribution in [0.1, 0.15) is 40.8 Å². The van der Waals surface area contributed by atoms with Crippen LogP contribution in [0, 0.1) is 0 Å². The number of nitrogens with one attached hydrogen (secondary N) is 1. The SMILES string of the molecule is CCOc1nc(N)nc2c1ncn2[C@@H]1O[C@H](COP(=O)(N[C@@H](C)C(=O)OC(C)C)Oc2ccc(Cl)c(Cl)c2)[C@@H](O)[C@@]1(C)N=[N+]=[N-]. The molecule has 4 rings (SSSR count). The van der Waals surface area contributed by atoms with Gasteiger partial charge < -0.3 is 29.6 Å². The molecule has 3 heterocycles. The molecule has 1 fully saturated rings. The van der Waals surface area contributed by atoms with E-state index in [9.17, 15) is 20.0 Å². The van der Waals surface area contributed by atoms with E-state index in [0.29, 0.717) is 0 Å². The number of rotatable bonds is 13. The Kier molecular flexibility index (Phi) is 10.7. The average molecular weight is 688 g/mol. The van der Waals surface area contributed by atoms with Gasteiger partial charge in [0, 0.05) is 11.0 Å². The van der Waals surface area contributed by atoms with Gasteiger partial charge in [-0.05, 0) is 52.3 Å². The standard InChI is InChI=1S/C25H32Cl2N9O8P/c1-6-40-21-18-20(31-24(28)32-21)36(11-30-18)23-25(5,34-35-29)19(37)17(43-23)10-41-45(39,33-13(4)22(38)42-12(2)3)44-14-7-8-15(26)16(27)9-14/h7-9,11-13,17,19,23,37H,6,10H2,1-5H3,(H,33,39)(H2,28,31,32)/t13-,17+,19+,23+,25+,45?/m0/s1. The van der Waals surface area contributed by atoms with Gasteiger partial charge in [-0.1, -0.05) is 28.3 Å². The molecule has 0 bridgehead atoms. The van der Waals surface area contributed by atoms with Crippen LogP contribution in [0.2, 0.25) is 10.0 Å². The lowest BCUT2D eigenvalue weighted by atomic mass is 9.93. The number of benzene rings is 1. The number of nitrogens with zero attached hydrogens (tertiary/aromatic N) is 7. The van der Waals surface area contributed by atoms with Gasteiger partial charge in [-0.25, -0.2) is 9.55 Å². The number of esters is 1. The highest BCUT2D eigenvalue weighted by Gasteiger charge is 2.55. The molecule has 45 heavy (non-hydrogen) atoms. The van der Waals surface area contributed by atoms with Crippen LogP contribution in [0.5, 0.6) is 11.6 Å². The quantitative estimate of drug-likeness (QED) is 0.0735. The second-order valence-corrected chi connectivity index (χ2v) is 12.8. The zero-order valence-corrected chi connectivity index (χ0v) is 27.2. The zero-order valence-electron chi connectivity index (χ0n) is 24.8. The molecule has 1 saturated heterocycles. The summed E-state index contributed by atoms with van der Waals surface area (Å²) in [5, 5.41) is 18.1. The van der Waals surface area contributed by atoms with Crippen LogP contribution in [-0.2, 0) is 23.4 Å². The molecule has 4 N–H and O–H groups in total. The number of aromatic nitrogens is 4. The molecule has 0 saturated carbocycles. The molecule has 3 aromatic rings. The molecule has 0 spiro atoms. The van der Waals surface area contributed by atoms with Gasteiger partial charge in [-0.3, -0.25) is 13.9 Å². The van der Waals surface area contributed by atoms with Crippen molar-refractivity contribution in [2.75, 3.05) is 18.9 Å². The number of nitrogens with two attached hydrogens (primary N) is 1. The van der Waals surface area contributed by atoms with Crippen molar-refractivity contribution in [3.8, 4) is 11.6 Å². The van der Waals surface area contributed by atoms with Crippen LogP contribution in [0.25, 0.3) is 21.6 Å². The lowest BCUT2D eigenvalue weighted by molar-refractivity contribution is -0.149. The van der Waals surface area contributed by atoms with Crippen molar-refractivity contribution in [3.05, 3.63) is 45.0 Å². The third kappa shape index (κ3) is 7.54. The maximum Gasteiger partial charge on any atom is 0.459 e. The molecule has 1 aliphatic heterocycles. The summed E-state index contributed by atoms with van der Waals surface area (Å²) in [6.07, 6.45) is -3.06. The van der Waals surface area contributed by atoms with Crippen LogP contribution in [0.4, 0.5) is 5.95 Å². The maximum atomic E-state index is 14.0. The van der Waals surface area contributed by atoms with E-state index in [1.165, 1.54) is 42.9 Å². The smallest absolute Gasteiger partial charge is 0.459 e. The number of ether oxygens (including phenoxy) is 3. The molecule has 20 heteroatoms. The number of hydrogen-bond donors (Lipinski definition) is 3. The summed E-state index contributed by atoms with van der Waals surface area (Å²) >= 11 is 12.1. The van der Waals surface area contributed by atoms with Crippen LogP contribution in [0.15, 0.2) is 29.6 Å². The number of imidazole rings is 1. The van der Waals surface area contributed by atoms with Gasteiger partial charge in [0.15, 0.2) is 17.4 Å². The fraction of sp³-hybridized carbons (Fsp3) is 0.520. The summed E-state index contributed by atoms with van der Waals surface area (Å²) in [6.45, 7) is 7.64. The number of nitrogen functional groups attached to an aromatic ring is 1. The minimum absolute atomic E-state index is 0.00149. The third-order valence-electron chi connectivity index (χ3n) is 6.54. The molecule has 2 aromatic heterocycles. The van der Waals surface area contributed by atoms with Gasteiger partial charge in [0.25, 0.3) is 0 Å². The predicted octanol–water partition coefficient (Wildman–Crippen LogP) is 4.57. The highest BCUT2D eigenvalue weighted by atomic mass is 35.5. The van der Waals surface area contributed by atoms with E-state index in [1.54, 1.807) is 20.8 Å². The van der Waals surface area contributed by atoms with E-state index >= 15 is 0 Å². The molecule has 6 atom stereocenters. The summed E-state index contributed by atoms with van der Waals surface area (Å²) in [7, 11) is -4.43. The van der Waals surface area contributed by atoms with Gasteiger partial charge in [0.2, 0.25) is 11.8 Å². The van der Waals surface area contributed by atoms with E-state index in [4.69, 9.17) is 52.2 Å². The molecule has 0 amide bonds. The first kappa shape index (κ1) is 34.5. The molecular formula is C25H32Cl2N9O8P. The average Bonchev–Trinajstić information content (AvgIpc) is 3.47. The molecule has 1 unspecified atom stereocenters. The summed E-state index contributed by atoms with van der Waals surface area (Å²) in [4.78, 5) is 28.0. The molecule has 17 nitrogen and oxygen atoms in total. The van der Waals surface area contributed by atoms with E-state index in [0.717, 1.165) is 0 Å². The van der Waals surface area contributed by atoms with Crippen LogP contribution in [-0.4, -0.2) is 73.7 Å². The van der Waals surface area contributed by atoms with Crippen molar-refractivity contribution in [1.29, 1.82) is 0 Å².